The first-order valence-electron chi connectivity index (χ1n) is 5.28. The Hall–Kier alpha value is -0.710. The van der Waals surface area contributed by atoms with Gasteiger partial charge in [0.25, 0.3) is 0 Å². The standard InChI is InChI=1S/C12H14BrF3O/c1-8(2)9-3-4-11(10(13)7-9)17-6-5-12(14,15)16/h3-4,7-8H,5-6H2,1-2H3. The summed E-state index contributed by atoms with van der Waals surface area (Å²) < 4.78 is 41.6. The van der Waals surface area contributed by atoms with Gasteiger partial charge < -0.3 is 4.74 Å². The zero-order chi connectivity index (χ0) is 13.1. The van der Waals surface area contributed by atoms with Crippen LogP contribution in [0.4, 0.5) is 13.2 Å². The van der Waals surface area contributed by atoms with Crippen LogP contribution in [0.25, 0.3) is 0 Å². The summed E-state index contributed by atoms with van der Waals surface area (Å²) in [5.74, 6) is 0.814. The summed E-state index contributed by atoms with van der Waals surface area (Å²) in [7, 11) is 0. The molecule has 0 amide bonds. The maximum absolute atomic E-state index is 11.9. The molecule has 0 aromatic heterocycles. The molecule has 0 N–H and O–H groups in total. The maximum Gasteiger partial charge on any atom is 0.392 e. The molecule has 0 aliphatic heterocycles. The average molecular weight is 311 g/mol. The largest absolute Gasteiger partial charge is 0.492 e. The topological polar surface area (TPSA) is 9.23 Å². The molecule has 0 saturated heterocycles. The van der Waals surface area contributed by atoms with Gasteiger partial charge in [0.15, 0.2) is 0 Å². The van der Waals surface area contributed by atoms with E-state index in [1.54, 1.807) is 6.07 Å². The van der Waals surface area contributed by atoms with Gasteiger partial charge in [-0.05, 0) is 39.5 Å². The first-order valence-corrected chi connectivity index (χ1v) is 6.08. The summed E-state index contributed by atoms with van der Waals surface area (Å²) in [4.78, 5) is 0. The van der Waals surface area contributed by atoms with Crippen LogP contribution >= 0.6 is 15.9 Å². The second-order valence-corrected chi connectivity index (χ2v) is 4.91. The Morgan fingerprint density at radius 3 is 2.41 bits per heavy atom. The van der Waals surface area contributed by atoms with Crippen LogP contribution in [-0.4, -0.2) is 12.8 Å². The summed E-state index contributed by atoms with van der Waals surface area (Å²) >= 11 is 3.29. The first-order chi connectivity index (χ1) is 7.79. The highest BCUT2D eigenvalue weighted by molar-refractivity contribution is 9.10. The molecule has 1 aromatic carbocycles. The van der Waals surface area contributed by atoms with E-state index in [0.29, 0.717) is 16.1 Å². The normalized spacial score (nSPS) is 11.9. The third-order valence-corrected chi connectivity index (χ3v) is 2.89. The van der Waals surface area contributed by atoms with Gasteiger partial charge in [-0.3, -0.25) is 0 Å². The van der Waals surface area contributed by atoms with E-state index in [4.69, 9.17) is 4.74 Å². The lowest BCUT2D eigenvalue weighted by Crippen LogP contribution is -2.13. The third kappa shape index (κ3) is 4.98. The smallest absolute Gasteiger partial charge is 0.392 e. The van der Waals surface area contributed by atoms with Crippen LogP contribution in [0.3, 0.4) is 0 Å². The van der Waals surface area contributed by atoms with Crippen molar-refractivity contribution in [3.05, 3.63) is 28.2 Å². The van der Waals surface area contributed by atoms with Crippen LogP contribution in [0.2, 0.25) is 0 Å². The molecule has 1 nitrogen and oxygen atoms in total. The first kappa shape index (κ1) is 14.4. The summed E-state index contributed by atoms with van der Waals surface area (Å²) in [6.07, 6.45) is -5.12. The number of hydrogen-bond acceptors (Lipinski definition) is 1. The Bertz CT molecular complexity index is 375. The molecular weight excluding hydrogens is 297 g/mol. The van der Waals surface area contributed by atoms with Gasteiger partial charge >= 0.3 is 6.18 Å². The van der Waals surface area contributed by atoms with Crippen molar-refractivity contribution in [2.24, 2.45) is 0 Å². The number of alkyl halides is 3. The molecular formula is C12H14BrF3O. The molecule has 1 aromatic rings. The van der Waals surface area contributed by atoms with Crippen LogP contribution in [-0.2, 0) is 0 Å². The van der Waals surface area contributed by atoms with Crippen molar-refractivity contribution in [2.75, 3.05) is 6.61 Å². The van der Waals surface area contributed by atoms with Crippen LogP contribution in [0, 0.1) is 0 Å². The summed E-state index contributed by atoms with van der Waals surface area (Å²) in [6, 6.07) is 5.42. The predicted molar refractivity (Wildman–Crippen MR) is 64.4 cm³/mol. The molecule has 5 heteroatoms. The fourth-order valence-electron chi connectivity index (χ4n) is 1.27. The fourth-order valence-corrected chi connectivity index (χ4v) is 1.78. The third-order valence-electron chi connectivity index (χ3n) is 2.27. The van der Waals surface area contributed by atoms with Gasteiger partial charge in [0.1, 0.15) is 5.75 Å². The SMILES string of the molecule is CC(C)c1ccc(OCCC(F)(F)F)c(Br)c1. The molecule has 0 heterocycles. The van der Waals surface area contributed by atoms with E-state index >= 15 is 0 Å². The predicted octanol–water partition coefficient (Wildman–Crippen LogP) is 4.90. The van der Waals surface area contributed by atoms with Crippen molar-refractivity contribution >= 4 is 15.9 Å². The van der Waals surface area contributed by atoms with Crippen molar-refractivity contribution in [1.82, 2.24) is 0 Å². The molecule has 0 atom stereocenters. The zero-order valence-electron chi connectivity index (χ0n) is 9.64. The number of benzene rings is 1. The highest BCUT2D eigenvalue weighted by Crippen LogP contribution is 2.29. The van der Waals surface area contributed by atoms with Crippen LogP contribution in [0.5, 0.6) is 5.75 Å². The van der Waals surface area contributed by atoms with Crippen molar-refractivity contribution < 1.29 is 17.9 Å². The number of ether oxygens (including phenoxy) is 1. The van der Waals surface area contributed by atoms with Gasteiger partial charge in [-0.2, -0.15) is 13.2 Å². The molecule has 0 aliphatic rings. The van der Waals surface area contributed by atoms with Gasteiger partial charge in [0, 0.05) is 0 Å². The summed E-state index contributed by atoms with van der Waals surface area (Å²) in [5, 5.41) is 0. The summed E-state index contributed by atoms with van der Waals surface area (Å²) in [6.45, 7) is 3.74. The van der Waals surface area contributed by atoms with Crippen molar-refractivity contribution in [3.8, 4) is 5.75 Å². The molecule has 0 unspecified atom stereocenters. The molecule has 96 valence electrons. The Labute approximate surface area is 107 Å². The van der Waals surface area contributed by atoms with Crippen molar-refractivity contribution in [2.45, 2.75) is 32.4 Å². The molecule has 0 radical (unpaired) electrons. The Morgan fingerprint density at radius 1 is 1.29 bits per heavy atom. The minimum Gasteiger partial charge on any atom is -0.492 e. The zero-order valence-corrected chi connectivity index (χ0v) is 11.2. The minimum absolute atomic E-state index is 0.358. The van der Waals surface area contributed by atoms with Crippen LogP contribution < -0.4 is 4.74 Å². The van der Waals surface area contributed by atoms with E-state index in [1.807, 2.05) is 26.0 Å². The van der Waals surface area contributed by atoms with Crippen molar-refractivity contribution in [3.63, 3.8) is 0 Å². The van der Waals surface area contributed by atoms with Gasteiger partial charge in [-0.1, -0.05) is 19.9 Å². The Balaban J connectivity index is 2.61. The van der Waals surface area contributed by atoms with Gasteiger partial charge in [-0.15, -0.1) is 0 Å². The second kappa shape index (κ2) is 5.76. The lowest BCUT2D eigenvalue weighted by Gasteiger charge is -2.12. The minimum atomic E-state index is -4.18. The molecule has 0 fully saturated rings. The second-order valence-electron chi connectivity index (χ2n) is 4.06. The van der Waals surface area contributed by atoms with E-state index in [2.05, 4.69) is 15.9 Å². The van der Waals surface area contributed by atoms with Gasteiger partial charge in [0.2, 0.25) is 0 Å². The molecule has 17 heavy (non-hydrogen) atoms. The molecule has 1 rings (SSSR count). The number of rotatable bonds is 4. The molecule has 0 spiro atoms. The van der Waals surface area contributed by atoms with E-state index in [0.717, 1.165) is 5.56 Å². The summed E-state index contributed by atoms with van der Waals surface area (Å²) in [5.41, 5.74) is 1.11. The lowest BCUT2D eigenvalue weighted by molar-refractivity contribution is -0.139. The quantitative estimate of drug-likeness (QED) is 0.768. The van der Waals surface area contributed by atoms with E-state index < -0.39 is 12.6 Å². The maximum atomic E-state index is 11.9. The highest BCUT2D eigenvalue weighted by atomic mass is 79.9. The number of halogens is 4. The fraction of sp³-hybridized carbons (Fsp3) is 0.500. The van der Waals surface area contributed by atoms with Gasteiger partial charge in [0.05, 0.1) is 17.5 Å². The Morgan fingerprint density at radius 2 is 1.94 bits per heavy atom. The van der Waals surface area contributed by atoms with Crippen LogP contribution in [0.15, 0.2) is 22.7 Å². The van der Waals surface area contributed by atoms with Gasteiger partial charge in [-0.25, -0.2) is 0 Å². The molecule has 0 aliphatic carbocycles. The lowest BCUT2D eigenvalue weighted by atomic mass is 10.0. The monoisotopic (exact) mass is 310 g/mol. The average Bonchev–Trinajstić information content (AvgIpc) is 2.18. The van der Waals surface area contributed by atoms with E-state index in [1.165, 1.54) is 0 Å². The Kier molecular flexibility index (Phi) is 4.86. The molecule has 0 bridgehead atoms. The highest BCUT2D eigenvalue weighted by Gasteiger charge is 2.26. The van der Waals surface area contributed by atoms with Crippen molar-refractivity contribution in [1.29, 1.82) is 0 Å². The molecule has 0 saturated carbocycles. The van der Waals surface area contributed by atoms with E-state index in [-0.39, 0.29) is 6.61 Å². The van der Waals surface area contributed by atoms with Crippen LogP contribution in [0.1, 0.15) is 31.7 Å². The number of hydrogen-bond donors (Lipinski definition) is 0. The van der Waals surface area contributed by atoms with E-state index in [9.17, 15) is 13.2 Å².